The number of nitrogens with zero attached hydrogens (tertiary/aromatic N) is 1. The summed E-state index contributed by atoms with van der Waals surface area (Å²) in [5.41, 5.74) is 0.701. The predicted octanol–water partition coefficient (Wildman–Crippen LogP) is 1.49. The molecule has 0 radical (unpaired) electrons. The van der Waals surface area contributed by atoms with Crippen molar-refractivity contribution in [2.45, 2.75) is 31.8 Å². The van der Waals surface area contributed by atoms with Gasteiger partial charge in [0.25, 0.3) is 5.91 Å². The fourth-order valence-corrected chi connectivity index (χ4v) is 1.82. The van der Waals surface area contributed by atoms with E-state index in [9.17, 15) is 9.18 Å². The topological polar surface area (TPSA) is 74.2 Å². The van der Waals surface area contributed by atoms with Crippen LogP contribution in [0.4, 0.5) is 4.39 Å². The number of halogens is 1. The monoisotopic (exact) mass is 291 g/mol. The van der Waals surface area contributed by atoms with Gasteiger partial charge in [0.2, 0.25) is 0 Å². The summed E-state index contributed by atoms with van der Waals surface area (Å²) in [6.07, 6.45) is 2.55. The highest BCUT2D eigenvalue weighted by Gasteiger charge is 2.20. The first-order valence-corrected chi connectivity index (χ1v) is 6.97. The molecule has 0 spiro atoms. The standard InChI is InChI=1S/C15H18FN3O2/c16-12-2-5-14(11(8-12)9-19-13-3-4-13)21-10-15(20)18-7-1-6-17/h2,5,8,13,19H,1,3-4,7,9-10H2,(H,18,20). The Morgan fingerprint density at radius 3 is 3.00 bits per heavy atom. The van der Waals surface area contributed by atoms with Crippen molar-refractivity contribution in [1.29, 1.82) is 5.26 Å². The molecule has 0 aromatic heterocycles. The molecule has 1 saturated carbocycles. The van der Waals surface area contributed by atoms with Gasteiger partial charge in [-0.05, 0) is 31.0 Å². The maximum absolute atomic E-state index is 13.3. The summed E-state index contributed by atoms with van der Waals surface area (Å²) in [5.74, 6) is -0.121. The second-order valence-corrected chi connectivity index (χ2v) is 4.95. The minimum Gasteiger partial charge on any atom is -0.483 e. The summed E-state index contributed by atoms with van der Waals surface area (Å²) in [7, 11) is 0. The van der Waals surface area contributed by atoms with Crippen LogP contribution in [0.5, 0.6) is 5.75 Å². The molecule has 1 fully saturated rings. The van der Waals surface area contributed by atoms with Crippen LogP contribution in [0.2, 0.25) is 0 Å². The van der Waals surface area contributed by atoms with E-state index in [4.69, 9.17) is 10.00 Å². The Hall–Kier alpha value is -2.13. The minimum absolute atomic E-state index is 0.145. The second-order valence-electron chi connectivity index (χ2n) is 4.95. The summed E-state index contributed by atoms with van der Waals surface area (Å²) in [4.78, 5) is 11.5. The third-order valence-electron chi connectivity index (χ3n) is 3.10. The van der Waals surface area contributed by atoms with Gasteiger partial charge in [-0.15, -0.1) is 0 Å². The number of carbonyl (C=O) groups is 1. The summed E-state index contributed by atoms with van der Waals surface area (Å²) in [6, 6.07) is 6.70. The minimum atomic E-state index is -0.326. The third-order valence-corrected chi connectivity index (χ3v) is 3.10. The fourth-order valence-electron chi connectivity index (χ4n) is 1.82. The zero-order valence-corrected chi connectivity index (χ0v) is 11.7. The Balaban J connectivity index is 1.85. The molecule has 1 aliphatic rings. The maximum atomic E-state index is 13.3. The van der Waals surface area contributed by atoms with Gasteiger partial charge < -0.3 is 15.4 Å². The lowest BCUT2D eigenvalue weighted by molar-refractivity contribution is -0.123. The first-order chi connectivity index (χ1) is 10.2. The highest BCUT2D eigenvalue weighted by atomic mass is 19.1. The van der Waals surface area contributed by atoms with Crippen molar-refractivity contribution in [3.05, 3.63) is 29.6 Å². The van der Waals surface area contributed by atoms with Gasteiger partial charge in [0.15, 0.2) is 6.61 Å². The highest BCUT2D eigenvalue weighted by molar-refractivity contribution is 5.77. The molecule has 1 aromatic rings. The predicted molar refractivity (Wildman–Crippen MR) is 75.0 cm³/mol. The smallest absolute Gasteiger partial charge is 0.257 e. The molecule has 0 heterocycles. The highest BCUT2D eigenvalue weighted by Crippen LogP contribution is 2.23. The van der Waals surface area contributed by atoms with Crippen molar-refractivity contribution in [2.24, 2.45) is 0 Å². The van der Waals surface area contributed by atoms with Gasteiger partial charge in [-0.2, -0.15) is 5.26 Å². The zero-order chi connectivity index (χ0) is 15.1. The zero-order valence-electron chi connectivity index (χ0n) is 11.7. The summed E-state index contributed by atoms with van der Waals surface area (Å²) < 4.78 is 18.7. The molecule has 112 valence electrons. The fraction of sp³-hybridized carbons (Fsp3) is 0.467. The third kappa shape index (κ3) is 5.40. The van der Waals surface area contributed by atoms with E-state index in [-0.39, 0.29) is 24.8 Å². The number of nitrogens with one attached hydrogen (secondary N) is 2. The number of ether oxygens (including phenoxy) is 1. The normalized spacial score (nSPS) is 13.5. The van der Waals surface area contributed by atoms with Crippen LogP contribution in [0, 0.1) is 17.1 Å². The van der Waals surface area contributed by atoms with Crippen molar-refractivity contribution in [2.75, 3.05) is 13.2 Å². The first kappa shape index (κ1) is 15.3. The second kappa shape index (κ2) is 7.60. The quantitative estimate of drug-likeness (QED) is 0.712. The van der Waals surface area contributed by atoms with Gasteiger partial charge in [0.05, 0.1) is 12.5 Å². The molecule has 6 heteroatoms. The number of carbonyl (C=O) groups excluding carboxylic acids is 1. The molecule has 0 saturated heterocycles. The number of rotatable bonds is 8. The van der Waals surface area contributed by atoms with E-state index in [0.29, 0.717) is 30.4 Å². The number of nitriles is 1. The lowest BCUT2D eigenvalue weighted by Crippen LogP contribution is -2.29. The average molecular weight is 291 g/mol. The van der Waals surface area contributed by atoms with E-state index in [2.05, 4.69) is 10.6 Å². The molecule has 0 aliphatic heterocycles. The molecular weight excluding hydrogens is 273 g/mol. The molecule has 2 rings (SSSR count). The van der Waals surface area contributed by atoms with E-state index >= 15 is 0 Å². The van der Waals surface area contributed by atoms with E-state index in [1.54, 1.807) is 0 Å². The van der Waals surface area contributed by atoms with Gasteiger partial charge in [-0.1, -0.05) is 0 Å². The van der Waals surface area contributed by atoms with Crippen LogP contribution in [0.1, 0.15) is 24.8 Å². The summed E-state index contributed by atoms with van der Waals surface area (Å²) in [6.45, 7) is 0.680. The SMILES string of the molecule is N#CCCNC(=O)COc1ccc(F)cc1CNC1CC1. The summed E-state index contributed by atoms with van der Waals surface area (Å²) in [5, 5.41) is 14.2. The van der Waals surface area contributed by atoms with E-state index in [1.807, 2.05) is 6.07 Å². The van der Waals surface area contributed by atoms with Crippen LogP contribution in [0.3, 0.4) is 0 Å². The van der Waals surface area contributed by atoms with Gasteiger partial charge in [0.1, 0.15) is 11.6 Å². The van der Waals surface area contributed by atoms with Crippen LogP contribution in [0.15, 0.2) is 18.2 Å². The van der Waals surface area contributed by atoms with Crippen molar-refractivity contribution in [1.82, 2.24) is 10.6 Å². The molecule has 0 atom stereocenters. The molecule has 1 aliphatic carbocycles. The molecule has 1 aromatic carbocycles. The van der Waals surface area contributed by atoms with Crippen LogP contribution >= 0.6 is 0 Å². The van der Waals surface area contributed by atoms with Crippen molar-refractivity contribution < 1.29 is 13.9 Å². The van der Waals surface area contributed by atoms with Crippen molar-refractivity contribution in [3.8, 4) is 11.8 Å². The number of hydrogen-bond donors (Lipinski definition) is 2. The number of hydrogen-bond acceptors (Lipinski definition) is 4. The van der Waals surface area contributed by atoms with Crippen molar-refractivity contribution in [3.63, 3.8) is 0 Å². The maximum Gasteiger partial charge on any atom is 0.257 e. The van der Waals surface area contributed by atoms with Crippen molar-refractivity contribution >= 4 is 5.91 Å². The Morgan fingerprint density at radius 1 is 1.48 bits per heavy atom. The average Bonchev–Trinajstić information content (AvgIpc) is 3.28. The number of amides is 1. The molecule has 2 N–H and O–H groups in total. The Labute approximate surface area is 123 Å². The Kier molecular flexibility index (Phi) is 5.52. The van der Waals surface area contributed by atoms with E-state index < -0.39 is 0 Å². The van der Waals surface area contributed by atoms with E-state index in [1.165, 1.54) is 18.2 Å². The summed E-state index contributed by atoms with van der Waals surface area (Å²) >= 11 is 0. The van der Waals surface area contributed by atoms with Gasteiger partial charge in [-0.3, -0.25) is 4.79 Å². The molecule has 0 bridgehead atoms. The Morgan fingerprint density at radius 2 is 2.29 bits per heavy atom. The van der Waals surface area contributed by atoms with Crippen LogP contribution < -0.4 is 15.4 Å². The van der Waals surface area contributed by atoms with E-state index in [0.717, 1.165) is 12.8 Å². The largest absolute Gasteiger partial charge is 0.483 e. The molecular formula is C15H18FN3O2. The molecule has 0 unspecified atom stereocenters. The van der Waals surface area contributed by atoms with Crippen LogP contribution in [-0.4, -0.2) is 25.1 Å². The number of benzene rings is 1. The van der Waals surface area contributed by atoms with Gasteiger partial charge >= 0.3 is 0 Å². The first-order valence-electron chi connectivity index (χ1n) is 6.97. The Bertz CT molecular complexity index is 538. The lowest BCUT2D eigenvalue weighted by Gasteiger charge is -2.12. The van der Waals surface area contributed by atoms with Crippen LogP contribution in [-0.2, 0) is 11.3 Å². The molecule has 1 amide bonds. The lowest BCUT2D eigenvalue weighted by atomic mass is 10.2. The molecule has 21 heavy (non-hydrogen) atoms. The molecule has 5 nitrogen and oxygen atoms in total. The van der Waals surface area contributed by atoms with Gasteiger partial charge in [-0.25, -0.2) is 4.39 Å². The van der Waals surface area contributed by atoms with Gasteiger partial charge in [0, 0.05) is 24.7 Å². The van der Waals surface area contributed by atoms with Crippen LogP contribution in [0.25, 0.3) is 0 Å².